The molecule has 0 radical (unpaired) electrons. The molecule has 4 aromatic rings. The number of para-hydroxylation sites is 1. The van der Waals surface area contributed by atoms with Gasteiger partial charge in [0.05, 0.1) is 27.5 Å². The molecule has 0 saturated heterocycles. The van der Waals surface area contributed by atoms with Crippen LogP contribution in [0.25, 0.3) is 15.9 Å². The Labute approximate surface area is 148 Å². The van der Waals surface area contributed by atoms with Gasteiger partial charge in [-0.15, -0.1) is 11.3 Å². The molecule has 0 aliphatic rings. The summed E-state index contributed by atoms with van der Waals surface area (Å²) in [5, 5.41) is 8.20. The summed E-state index contributed by atoms with van der Waals surface area (Å²) < 4.78 is 2.93. The first-order valence-corrected chi connectivity index (χ1v) is 9.00. The maximum Gasteiger partial charge on any atom is 0.220 e. The van der Waals surface area contributed by atoms with Crippen LogP contribution in [0.2, 0.25) is 0 Å². The number of amides is 1. The van der Waals surface area contributed by atoms with Gasteiger partial charge in [0.2, 0.25) is 5.91 Å². The third kappa shape index (κ3) is 3.51. The average Bonchev–Trinajstić information content (AvgIpc) is 3.26. The molecule has 1 aromatic carbocycles. The van der Waals surface area contributed by atoms with Crippen LogP contribution in [0.5, 0.6) is 0 Å². The lowest BCUT2D eigenvalue weighted by Gasteiger charge is -2.06. The zero-order valence-corrected chi connectivity index (χ0v) is 14.4. The normalized spacial score (nSPS) is 11.2. The lowest BCUT2D eigenvalue weighted by molar-refractivity contribution is -0.121. The van der Waals surface area contributed by atoms with Crippen LogP contribution in [0.4, 0.5) is 0 Å². The second kappa shape index (κ2) is 6.98. The SMILES string of the molecule is O=C(CCCc1nc2ccccc2s1)NCc1cccc2ncnn12. The van der Waals surface area contributed by atoms with Gasteiger partial charge in [-0.2, -0.15) is 5.10 Å². The number of benzene rings is 1. The van der Waals surface area contributed by atoms with Gasteiger partial charge in [0.15, 0.2) is 5.65 Å². The Balaban J connectivity index is 1.28. The van der Waals surface area contributed by atoms with Crippen molar-refractivity contribution in [2.45, 2.75) is 25.8 Å². The molecule has 7 heteroatoms. The van der Waals surface area contributed by atoms with Crippen LogP contribution in [-0.4, -0.2) is 25.5 Å². The van der Waals surface area contributed by atoms with E-state index in [4.69, 9.17) is 0 Å². The molecule has 0 bridgehead atoms. The standard InChI is InChI=1S/C18H17N5OS/c24-17(19-11-13-5-3-8-16-20-12-21-23(13)16)9-4-10-18-22-14-6-1-2-7-15(14)25-18/h1-3,5-8,12H,4,9-11H2,(H,19,24). The highest BCUT2D eigenvalue weighted by atomic mass is 32.1. The number of thiazole rings is 1. The fourth-order valence-corrected chi connectivity index (χ4v) is 3.75. The highest BCUT2D eigenvalue weighted by Crippen LogP contribution is 2.22. The van der Waals surface area contributed by atoms with Crippen LogP contribution < -0.4 is 5.32 Å². The highest BCUT2D eigenvalue weighted by Gasteiger charge is 2.07. The molecule has 1 N–H and O–H groups in total. The Morgan fingerprint density at radius 1 is 1.16 bits per heavy atom. The number of aryl methyl sites for hydroxylation is 1. The fourth-order valence-electron chi connectivity index (χ4n) is 2.74. The van der Waals surface area contributed by atoms with Crippen molar-refractivity contribution in [3.8, 4) is 0 Å². The van der Waals surface area contributed by atoms with Crippen molar-refractivity contribution in [3.63, 3.8) is 0 Å². The second-order valence-electron chi connectivity index (χ2n) is 5.75. The summed E-state index contributed by atoms with van der Waals surface area (Å²) in [6.07, 6.45) is 3.62. The number of carbonyl (C=O) groups excluding carboxylic acids is 1. The first-order chi connectivity index (χ1) is 12.3. The number of pyridine rings is 1. The van der Waals surface area contributed by atoms with Crippen molar-refractivity contribution < 1.29 is 4.79 Å². The first-order valence-electron chi connectivity index (χ1n) is 8.18. The van der Waals surface area contributed by atoms with E-state index < -0.39 is 0 Å². The molecule has 0 atom stereocenters. The summed E-state index contributed by atoms with van der Waals surface area (Å²) in [7, 11) is 0. The van der Waals surface area contributed by atoms with Crippen molar-refractivity contribution in [1.29, 1.82) is 0 Å². The van der Waals surface area contributed by atoms with Gasteiger partial charge in [0, 0.05) is 6.42 Å². The van der Waals surface area contributed by atoms with Crippen molar-refractivity contribution in [2.24, 2.45) is 0 Å². The van der Waals surface area contributed by atoms with Crippen LogP contribution in [0.3, 0.4) is 0 Å². The minimum atomic E-state index is 0.0400. The molecule has 0 spiro atoms. The van der Waals surface area contributed by atoms with Crippen LogP contribution in [0.1, 0.15) is 23.5 Å². The van der Waals surface area contributed by atoms with Gasteiger partial charge in [-0.05, 0) is 37.1 Å². The molecule has 6 nitrogen and oxygen atoms in total. The Morgan fingerprint density at radius 3 is 3.00 bits per heavy atom. The van der Waals surface area contributed by atoms with E-state index in [2.05, 4.69) is 26.4 Å². The predicted octanol–water partition coefficient (Wildman–Crippen LogP) is 2.98. The molecular formula is C18H17N5OS. The summed E-state index contributed by atoms with van der Waals surface area (Å²) in [6.45, 7) is 0.445. The lowest BCUT2D eigenvalue weighted by Crippen LogP contribution is -2.23. The average molecular weight is 351 g/mol. The molecule has 126 valence electrons. The minimum Gasteiger partial charge on any atom is -0.350 e. The van der Waals surface area contributed by atoms with E-state index in [1.165, 1.54) is 11.0 Å². The Morgan fingerprint density at radius 2 is 2.08 bits per heavy atom. The molecule has 25 heavy (non-hydrogen) atoms. The molecule has 3 heterocycles. The zero-order valence-electron chi connectivity index (χ0n) is 13.6. The maximum atomic E-state index is 12.1. The second-order valence-corrected chi connectivity index (χ2v) is 6.87. The number of aromatic nitrogens is 4. The molecule has 3 aromatic heterocycles. The van der Waals surface area contributed by atoms with E-state index in [-0.39, 0.29) is 5.91 Å². The largest absolute Gasteiger partial charge is 0.350 e. The molecule has 0 aliphatic heterocycles. The van der Waals surface area contributed by atoms with Crippen molar-refractivity contribution >= 4 is 33.1 Å². The molecular weight excluding hydrogens is 334 g/mol. The maximum absolute atomic E-state index is 12.1. The van der Waals surface area contributed by atoms with Crippen LogP contribution in [0, 0.1) is 0 Å². The lowest BCUT2D eigenvalue weighted by atomic mass is 10.2. The molecule has 1 amide bonds. The number of fused-ring (bicyclic) bond motifs is 2. The van der Waals surface area contributed by atoms with E-state index in [1.807, 2.05) is 36.4 Å². The molecule has 4 rings (SSSR count). The molecule has 0 fully saturated rings. The highest BCUT2D eigenvalue weighted by molar-refractivity contribution is 7.18. The van der Waals surface area contributed by atoms with Gasteiger partial charge in [0.25, 0.3) is 0 Å². The van der Waals surface area contributed by atoms with Gasteiger partial charge in [-0.3, -0.25) is 4.79 Å². The van der Waals surface area contributed by atoms with E-state index in [1.54, 1.807) is 15.9 Å². The summed E-state index contributed by atoms with van der Waals surface area (Å²) in [5.74, 6) is 0.0400. The number of carbonyl (C=O) groups is 1. The Kier molecular flexibility index (Phi) is 4.39. The third-order valence-electron chi connectivity index (χ3n) is 3.98. The van der Waals surface area contributed by atoms with Crippen LogP contribution in [0.15, 0.2) is 48.8 Å². The summed E-state index contributed by atoms with van der Waals surface area (Å²) >= 11 is 1.70. The molecule has 0 aliphatic carbocycles. The van der Waals surface area contributed by atoms with Crippen LogP contribution in [-0.2, 0) is 17.8 Å². The number of nitrogens with one attached hydrogen (secondary N) is 1. The Hall–Kier alpha value is -2.80. The summed E-state index contributed by atoms with van der Waals surface area (Å²) in [6, 6.07) is 13.8. The predicted molar refractivity (Wildman–Crippen MR) is 97.4 cm³/mol. The van der Waals surface area contributed by atoms with Gasteiger partial charge < -0.3 is 5.32 Å². The van der Waals surface area contributed by atoms with E-state index >= 15 is 0 Å². The quantitative estimate of drug-likeness (QED) is 0.580. The number of hydrogen-bond donors (Lipinski definition) is 1. The topological polar surface area (TPSA) is 72.2 Å². The van der Waals surface area contributed by atoms with E-state index in [0.29, 0.717) is 13.0 Å². The van der Waals surface area contributed by atoms with E-state index in [9.17, 15) is 4.79 Å². The fraction of sp³-hybridized carbons (Fsp3) is 0.222. The minimum absolute atomic E-state index is 0.0400. The van der Waals surface area contributed by atoms with E-state index in [0.717, 1.165) is 34.7 Å². The number of rotatable bonds is 6. The molecule has 0 saturated carbocycles. The van der Waals surface area contributed by atoms with Gasteiger partial charge in [-0.25, -0.2) is 14.5 Å². The van der Waals surface area contributed by atoms with Gasteiger partial charge in [-0.1, -0.05) is 18.2 Å². The molecule has 0 unspecified atom stereocenters. The van der Waals surface area contributed by atoms with Gasteiger partial charge in [0.1, 0.15) is 6.33 Å². The van der Waals surface area contributed by atoms with Crippen molar-refractivity contribution in [1.82, 2.24) is 24.9 Å². The zero-order chi connectivity index (χ0) is 17.1. The summed E-state index contributed by atoms with van der Waals surface area (Å²) in [4.78, 5) is 20.8. The van der Waals surface area contributed by atoms with Crippen molar-refractivity contribution in [2.75, 3.05) is 0 Å². The summed E-state index contributed by atoms with van der Waals surface area (Å²) in [5.41, 5.74) is 2.73. The van der Waals surface area contributed by atoms with Crippen molar-refractivity contribution in [3.05, 3.63) is 59.5 Å². The van der Waals surface area contributed by atoms with Crippen LogP contribution >= 0.6 is 11.3 Å². The monoisotopic (exact) mass is 351 g/mol. The third-order valence-corrected chi connectivity index (χ3v) is 5.08. The smallest absolute Gasteiger partial charge is 0.220 e. The van der Waals surface area contributed by atoms with Gasteiger partial charge >= 0.3 is 0 Å². The Bertz CT molecular complexity index is 989. The first kappa shape index (κ1) is 15.7. The number of nitrogens with zero attached hydrogens (tertiary/aromatic N) is 4. The number of hydrogen-bond acceptors (Lipinski definition) is 5.